The van der Waals surface area contributed by atoms with Crippen LogP contribution in [0.2, 0.25) is 5.02 Å². The summed E-state index contributed by atoms with van der Waals surface area (Å²) in [7, 11) is 2.02. The summed E-state index contributed by atoms with van der Waals surface area (Å²) in [4.78, 5) is 2.12. The van der Waals surface area contributed by atoms with E-state index in [0.717, 1.165) is 11.3 Å². The van der Waals surface area contributed by atoms with Crippen LogP contribution in [0.25, 0.3) is 0 Å². The molecule has 0 unspecified atom stereocenters. The van der Waals surface area contributed by atoms with E-state index in [2.05, 4.69) is 17.0 Å². The predicted molar refractivity (Wildman–Crippen MR) is 81.0 cm³/mol. The second kappa shape index (κ2) is 5.76. The van der Waals surface area contributed by atoms with Crippen molar-refractivity contribution in [1.82, 2.24) is 0 Å². The molecule has 2 rings (SSSR count). The van der Waals surface area contributed by atoms with Gasteiger partial charge in [-0.15, -0.1) is 0 Å². The highest BCUT2D eigenvalue weighted by molar-refractivity contribution is 6.31. The van der Waals surface area contributed by atoms with Crippen LogP contribution in [0, 0.1) is 5.41 Å². The fourth-order valence-corrected chi connectivity index (χ4v) is 2.11. The number of hydrogen-bond donors (Lipinski definition) is 2. The minimum Gasteiger partial charge on any atom is -0.384 e. The largest absolute Gasteiger partial charge is 0.384 e. The Morgan fingerprint density at radius 1 is 1.21 bits per heavy atom. The molecule has 0 saturated heterocycles. The average molecular weight is 274 g/mol. The quantitative estimate of drug-likeness (QED) is 0.664. The molecule has 0 aliphatic carbocycles. The molecule has 0 heterocycles. The van der Waals surface area contributed by atoms with Crippen molar-refractivity contribution in [2.45, 2.75) is 6.54 Å². The summed E-state index contributed by atoms with van der Waals surface area (Å²) in [6.07, 6.45) is 0. The summed E-state index contributed by atoms with van der Waals surface area (Å²) >= 11 is 6.23. The Balaban J connectivity index is 2.18. The van der Waals surface area contributed by atoms with Gasteiger partial charge in [0.1, 0.15) is 5.84 Å². The zero-order chi connectivity index (χ0) is 13.8. The van der Waals surface area contributed by atoms with Crippen molar-refractivity contribution < 1.29 is 0 Å². The lowest BCUT2D eigenvalue weighted by atomic mass is 10.1. The maximum atomic E-state index is 7.39. The Morgan fingerprint density at radius 3 is 2.47 bits per heavy atom. The fourth-order valence-electron chi connectivity index (χ4n) is 1.87. The van der Waals surface area contributed by atoms with Crippen LogP contribution >= 0.6 is 11.6 Å². The van der Waals surface area contributed by atoms with Gasteiger partial charge in [-0.05, 0) is 23.8 Å². The number of nitrogens with one attached hydrogen (secondary N) is 1. The first-order valence-electron chi connectivity index (χ1n) is 5.97. The van der Waals surface area contributed by atoms with Gasteiger partial charge in [0.2, 0.25) is 0 Å². The summed E-state index contributed by atoms with van der Waals surface area (Å²) in [6.45, 7) is 0.709. The second-order valence-corrected chi connectivity index (χ2v) is 4.82. The molecule has 4 heteroatoms. The van der Waals surface area contributed by atoms with Gasteiger partial charge in [0.25, 0.3) is 0 Å². The van der Waals surface area contributed by atoms with Crippen LogP contribution in [0.15, 0.2) is 48.5 Å². The number of hydrogen-bond acceptors (Lipinski definition) is 2. The van der Waals surface area contributed by atoms with Crippen LogP contribution in [0.4, 0.5) is 5.69 Å². The highest BCUT2D eigenvalue weighted by Crippen LogP contribution is 2.21. The minimum atomic E-state index is 0.0323. The molecule has 98 valence electrons. The SMILES string of the molecule is CN(Cc1ccc(C(=N)N)cc1Cl)c1ccccc1. The van der Waals surface area contributed by atoms with E-state index in [0.29, 0.717) is 17.1 Å². The van der Waals surface area contributed by atoms with Crippen LogP contribution in [-0.4, -0.2) is 12.9 Å². The van der Waals surface area contributed by atoms with Crippen molar-refractivity contribution in [3.63, 3.8) is 0 Å². The van der Waals surface area contributed by atoms with Gasteiger partial charge in [-0.2, -0.15) is 0 Å². The molecule has 0 radical (unpaired) electrons. The van der Waals surface area contributed by atoms with E-state index in [1.165, 1.54) is 0 Å². The van der Waals surface area contributed by atoms with E-state index in [1.54, 1.807) is 6.07 Å². The number of amidine groups is 1. The Labute approximate surface area is 118 Å². The molecule has 2 aromatic carbocycles. The van der Waals surface area contributed by atoms with Crippen LogP contribution < -0.4 is 10.6 Å². The third-order valence-corrected chi connectivity index (χ3v) is 3.32. The van der Waals surface area contributed by atoms with Crippen molar-refractivity contribution in [1.29, 1.82) is 5.41 Å². The molecule has 0 saturated carbocycles. The molecular formula is C15H16ClN3. The molecule has 0 amide bonds. The molecule has 0 spiro atoms. The molecule has 19 heavy (non-hydrogen) atoms. The fraction of sp³-hybridized carbons (Fsp3) is 0.133. The topological polar surface area (TPSA) is 53.1 Å². The number of para-hydroxylation sites is 1. The third kappa shape index (κ3) is 3.26. The molecule has 0 fully saturated rings. The molecule has 0 bridgehead atoms. The summed E-state index contributed by atoms with van der Waals surface area (Å²) in [6, 6.07) is 15.6. The molecule has 0 aliphatic heterocycles. The molecule has 0 atom stereocenters. The van der Waals surface area contributed by atoms with E-state index in [-0.39, 0.29) is 5.84 Å². The van der Waals surface area contributed by atoms with Gasteiger partial charge < -0.3 is 10.6 Å². The van der Waals surface area contributed by atoms with E-state index < -0.39 is 0 Å². The summed E-state index contributed by atoms with van der Waals surface area (Å²) < 4.78 is 0. The van der Waals surface area contributed by atoms with Gasteiger partial charge in [-0.3, -0.25) is 5.41 Å². The van der Waals surface area contributed by atoms with Crippen LogP contribution in [0.5, 0.6) is 0 Å². The van der Waals surface area contributed by atoms with E-state index >= 15 is 0 Å². The van der Waals surface area contributed by atoms with E-state index in [4.69, 9.17) is 22.7 Å². The first-order chi connectivity index (χ1) is 9.08. The van der Waals surface area contributed by atoms with Crippen LogP contribution in [0.1, 0.15) is 11.1 Å². The van der Waals surface area contributed by atoms with Gasteiger partial charge in [0, 0.05) is 29.9 Å². The van der Waals surface area contributed by atoms with E-state index in [9.17, 15) is 0 Å². The smallest absolute Gasteiger partial charge is 0.122 e. The molecule has 2 aromatic rings. The number of anilines is 1. The molecule has 0 aromatic heterocycles. The minimum absolute atomic E-state index is 0.0323. The Hall–Kier alpha value is -2.00. The van der Waals surface area contributed by atoms with Gasteiger partial charge in [-0.1, -0.05) is 41.9 Å². The summed E-state index contributed by atoms with van der Waals surface area (Å²) in [5.74, 6) is 0.0323. The van der Waals surface area contributed by atoms with Gasteiger partial charge in [-0.25, -0.2) is 0 Å². The van der Waals surface area contributed by atoms with E-state index in [1.807, 2.05) is 37.4 Å². The van der Waals surface area contributed by atoms with Crippen molar-refractivity contribution in [3.8, 4) is 0 Å². The lowest BCUT2D eigenvalue weighted by molar-refractivity contribution is 0.923. The third-order valence-electron chi connectivity index (χ3n) is 2.97. The van der Waals surface area contributed by atoms with Crippen molar-refractivity contribution >= 4 is 23.1 Å². The first kappa shape index (κ1) is 13.4. The number of rotatable bonds is 4. The van der Waals surface area contributed by atoms with Gasteiger partial charge in [0.15, 0.2) is 0 Å². The number of benzene rings is 2. The highest BCUT2D eigenvalue weighted by Gasteiger charge is 2.07. The number of nitrogens with zero attached hydrogens (tertiary/aromatic N) is 1. The molecule has 3 N–H and O–H groups in total. The van der Waals surface area contributed by atoms with Crippen molar-refractivity contribution in [3.05, 3.63) is 64.7 Å². The van der Waals surface area contributed by atoms with Crippen molar-refractivity contribution in [2.75, 3.05) is 11.9 Å². The number of nitrogens with two attached hydrogens (primary N) is 1. The lowest BCUT2D eigenvalue weighted by Gasteiger charge is -2.20. The molecular weight excluding hydrogens is 258 g/mol. The zero-order valence-electron chi connectivity index (χ0n) is 10.7. The van der Waals surface area contributed by atoms with Crippen LogP contribution in [0.3, 0.4) is 0 Å². The predicted octanol–water partition coefficient (Wildman–Crippen LogP) is 3.26. The average Bonchev–Trinajstić information content (AvgIpc) is 2.41. The Morgan fingerprint density at radius 2 is 1.89 bits per heavy atom. The normalized spacial score (nSPS) is 10.2. The van der Waals surface area contributed by atoms with Gasteiger partial charge >= 0.3 is 0 Å². The molecule has 3 nitrogen and oxygen atoms in total. The zero-order valence-corrected chi connectivity index (χ0v) is 11.5. The Kier molecular flexibility index (Phi) is 4.07. The molecule has 0 aliphatic rings. The number of nitrogen functional groups attached to an aromatic ring is 1. The van der Waals surface area contributed by atoms with Gasteiger partial charge in [0.05, 0.1) is 0 Å². The Bertz CT molecular complexity index is 581. The second-order valence-electron chi connectivity index (χ2n) is 4.41. The maximum Gasteiger partial charge on any atom is 0.122 e. The lowest BCUT2D eigenvalue weighted by Crippen LogP contribution is -2.17. The highest BCUT2D eigenvalue weighted by atomic mass is 35.5. The first-order valence-corrected chi connectivity index (χ1v) is 6.34. The monoisotopic (exact) mass is 273 g/mol. The number of halogens is 1. The maximum absolute atomic E-state index is 7.39. The summed E-state index contributed by atoms with van der Waals surface area (Å²) in [5, 5.41) is 8.02. The van der Waals surface area contributed by atoms with Crippen molar-refractivity contribution in [2.24, 2.45) is 5.73 Å². The standard InChI is InChI=1S/C15H16ClN3/c1-19(13-5-3-2-4-6-13)10-12-8-7-11(15(17)18)9-14(12)16/h2-9H,10H2,1H3,(H3,17,18). The van der Waals surface area contributed by atoms with Crippen LogP contribution in [-0.2, 0) is 6.54 Å². The summed E-state index contributed by atoms with van der Waals surface area (Å²) in [5.41, 5.74) is 8.23.